The Balaban J connectivity index is 1.53. The maximum atomic E-state index is 5.48. The van der Waals surface area contributed by atoms with Crippen molar-refractivity contribution in [3.63, 3.8) is 0 Å². The highest BCUT2D eigenvalue weighted by Crippen LogP contribution is 2.36. The third-order valence-corrected chi connectivity index (χ3v) is 5.43. The van der Waals surface area contributed by atoms with Crippen LogP contribution >= 0.6 is 0 Å². The monoisotopic (exact) mass is 363 g/mol. The highest BCUT2D eigenvalue weighted by Gasteiger charge is 2.22. The molecule has 5 heteroatoms. The predicted octanol–water partition coefficient (Wildman–Crippen LogP) is 4.11. The maximum Gasteiger partial charge on any atom is 0.161 e. The number of hydrogen-bond donors (Lipinski definition) is 0. The topological polar surface area (TPSA) is 47.5 Å². The molecule has 0 spiro atoms. The number of nitrogens with zero attached hydrogens (tertiary/aromatic N) is 3. The van der Waals surface area contributed by atoms with Crippen molar-refractivity contribution in [1.82, 2.24) is 10.2 Å². The third kappa shape index (κ3) is 3.68. The van der Waals surface area contributed by atoms with E-state index in [1.165, 1.54) is 18.4 Å². The molecule has 2 heterocycles. The summed E-state index contributed by atoms with van der Waals surface area (Å²) >= 11 is 0. The number of ether oxygens (including phenoxy) is 2. The van der Waals surface area contributed by atoms with Gasteiger partial charge in [-0.15, -0.1) is 5.10 Å². The average molecular weight is 363 g/mol. The van der Waals surface area contributed by atoms with Crippen molar-refractivity contribution in [2.45, 2.75) is 19.3 Å². The number of methoxy groups -OCH3 is 2. The number of rotatable bonds is 5. The number of benzene rings is 2. The van der Waals surface area contributed by atoms with Crippen molar-refractivity contribution in [2.75, 3.05) is 32.2 Å². The lowest BCUT2D eigenvalue weighted by Crippen LogP contribution is -2.35. The van der Waals surface area contributed by atoms with Gasteiger partial charge in [-0.25, -0.2) is 0 Å². The highest BCUT2D eigenvalue weighted by molar-refractivity contribution is 5.94. The van der Waals surface area contributed by atoms with E-state index in [1.54, 1.807) is 20.4 Å². The summed E-state index contributed by atoms with van der Waals surface area (Å²) in [6.07, 6.45) is 5.27. The van der Waals surface area contributed by atoms with Crippen LogP contribution < -0.4 is 14.4 Å². The summed E-state index contributed by atoms with van der Waals surface area (Å²) in [4.78, 5) is 2.35. The largest absolute Gasteiger partial charge is 0.493 e. The van der Waals surface area contributed by atoms with E-state index in [2.05, 4.69) is 45.4 Å². The number of anilines is 1. The molecule has 1 aliphatic heterocycles. The molecular formula is C22H25N3O2. The van der Waals surface area contributed by atoms with Crippen molar-refractivity contribution in [1.29, 1.82) is 0 Å². The summed E-state index contributed by atoms with van der Waals surface area (Å²) in [5.74, 6) is 3.09. The summed E-state index contributed by atoms with van der Waals surface area (Å²) in [5.41, 5.74) is 1.43. The molecule has 1 aromatic heterocycles. The molecule has 3 aromatic rings. The molecule has 0 aliphatic carbocycles. The van der Waals surface area contributed by atoms with Crippen LogP contribution in [0.25, 0.3) is 10.8 Å². The van der Waals surface area contributed by atoms with Gasteiger partial charge in [-0.1, -0.05) is 30.3 Å². The Bertz CT molecular complexity index is 906. The first-order valence-corrected chi connectivity index (χ1v) is 9.44. The van der Waals surface area contributed by atoms with Crippen molar-refractivity contribution < 1.29 is 9.47 Å². The van der Waals surface area contributed by atoms with Crippen LogP contribution in [0.5, 0.6) is 11.5 Å². The molecule has 4 rings (SSSR count). The molecule has 0 amide bonds. The molecule has 140 valence electrons. The number of piperidine rings is 1. The van der Waals surface area contributed by atoms with Gasteiger partial charge in [0, 0.05) is 23.9 Å². The fraction of sp³-hybridized carbons (Fsp3) is 0.364. The van der Waals surface area contributed by atoms with Gasteiger partial charge in [0.25, 0.3) is 0 Å². The Morgan fingerprint density at radius 3 is 2.41 bits per heavy atom. The summed E-state index contributed by atoms with van der Waals surface area (Å²) in [5, 5.41) is 10.7. The first-order chi connectivity index (χ1) is 13.3. The van der Waals surface area contributed by atoms with Gasteiger partial charge in [0.05, 0.1) is 20.4 Å². The molecule has 0 N–H and O–H groups in total. The summed E-state index contributed by atoms with van der Waals surface area (Å²) < 4.78 is 10.9. The predicted molar refractivity (Wildman–Crippen MR) is 108 cm³/mol. The van der Waals surface area contributed by atoms with Crippen molar-refractivity contribution >= 4 is 16.6 Å². The summed E-state index contributed by atoms with van der Waals surface area (Å²) in [7, 11) is 3.31. The van der Waals surface area contributed by atoms with Crippen LogP contribution in [-0.2, 0) is 6.42 Å². The molecule has 1 aliphatic rings. The van der Waals surface area contributed by atoms with Crippen LogP contribution in [0.4, 0.5) is 5.82 Å². The normalized spacial score (nSPS) is 15.1. The molecular weight excluding hydrogens is 338 g/mol. The van der Waals surface area contributed by atoms with E-state index in [0.717, 1.165) is 47.8 Å². The zero-order valence-electron chi connectivity index (χ0n) is 15.9. The van der Waals surface area contributed by atoms with E-state index in [4.69, 9.17) is 9.47 Å². The minimum atomic E-state index is 0.713. The van der Waals surface area contributed by atoms with Gasteiger partial charge in [-0.05, 0) is 42.9 Å². The number of hydrogen-bond acceptors (Lipinski definition) is 5. The number of fused-ring (bicyclic) bond motifs is 1. The van der Waals surface area contributed by atoms with Gasteiger partial charge in [0.2, 0.25) is 0 Å². The van der Waals surface area contributed by atoms with Gasteiger partial charge < -0.3 is 14.4 Å². The lowest BCUT2D eigenvalue weighted by Gasteiger charge is -2.33. The third-order valence-electron chi connectivity index (χ3n) is 5.43. The molecule has 1 fully saturated rings. The van der Waals surface area contributed by atoms with E-state index in [0.29, 0.717) is 5.75 Å². The van der Waals surface area contributed by atoms with Gasteiger partial charge >= 0.3 is 0 Å². The van der Waals surface area contributed by atoms with Crippen LogP contribution in [0, 0.1) is 5.92 Å². The Kier molecular flexibility index (Phi) is 5.10. The van der Waals surface area contributed by atoms with E-state index < -0.39 is 0 Å². The van der Waals surface area contributed by atoms with Crippen molar-refractivity contribution in [3.8, 4) is 11.5 Å². The fourth-order valence-corrected chi connectivity index (χ4v) is 3.92. The van der Waals surface area contributed by atoms with Crippen LogP contribution in [0.15, 0.2) is 48.7 Å². The zero-order chi connectivity index (χ0) is 18.6. The second kappa shape index (κ2) is 7.82. The summed E-state index contributed by atoms with van der Waals surface area (Å²) in [6.45, 7) is 2.00. The highest BCUT2D eigenvalue weighted by atomic mass is 16.5. The first-order valence-electron chi connectivity index (χ1n) is 9.44. The van der Waals surface area contributed by atoms with Gasteiger partial charge in [0.1, 0.15) is 0 Å². The smallest absolute Gasteiger partial charge is 0.161 e. The Morgan fingerprint density at radius 1 is 1.00 bits per heavy atom. The molecule has 0 atom stereocenters. The SMILES string of the molecule is COc1cc2cnnc(N3CCC(Cc4ccccc4)CC3)c2cc1OC. The van der Waals surface area contributed by atoms with E-state index >= 15 is 0 Å². The molecule has 0 bridgehead atoms. The number of aromatic nitrogens is 2. The molecule has 27 heavy (non-hydrogen) atoms. The lowest BCUT2D eigenvalue weighted by atomic mass is 9.90. The Morgan fingerprint density at radius 2 is 1.70 bits per heavy atom. The van der Waals surface area contributed by atoms with E-state index in [9.17, 15) is 0 Å². The molecule has 2 aromatic carbocycles. The molecule has 0 unspecified atom stereocenters. The van der Waals surface area contributed by atoms with Crippen molar-refractivity contribution in [2.24, 2.45) is 5.92 Å². The van der Waals surface area contributed by atoms with Crippen LogP contribution in [0.2, 0.25) is 0 Å². The molecule has 5 nitrogen and oxygen atoms in total. The van der Waals surface area contributed by atoms with Gasteiger partial charge in [-0.2, -0.15) is 5.10 Å². The molecule has 0 saturated carbocycles. The van der Waals surface area contributed by atoms with Gasteiger partial charge in [0.15, 0.2) is 17.3 Å². The minimum Gasteiger partial charge on any atom is -0.493 e. The standard InChI is InChI=1S/C22H25N3O2/c1-26-20-13-18-15-23-24-22(19(18)14-21(20)27-2)25-10-8-17(9-11-25)12-16-6-4-3-5-7-16/h3-7,13-15,17H,8-12H2,1-2H3. The van der Waals surface area contributed by atoms with E-state index in [-0.39, 0.29) is 0 Å². The maximum absolute atomic E-state index is 5.48. The lowest BCUT2D eigenvalue weighted by molar-refractivity contribution is 0.356. The van der Waals surface area contributed by atoms with Crippen LogP contribution in [0.1, 0.15) is 18.4 Å². The molecule has 1 saturated heterocycles. The minimum absolute atomic E-state index is 0.713. The zero-order valence-corrected chi connectivity index (χ0v) is 15.9. The van der Waals surface area contributed by atoms with Gasteiger partial charge in [-0.3, -0.25) is 0 Å². The second-order valence-electron chi connectivity index (χ2n) is 7.08. The van der Waals surface area contributed by atoms with Crippen LogP contribution in [-0.4, -0.2) is 37.5 Å². The van der Waals surface area contributed by atoms with Crippen molar-refractivity contribution in [3.05, 3.63) is 54.2 Å². The Labute approximate surface area is 159 Å². The Hall–Kier alpha value is -2.82. The fourth-order valence-electron chi connectivity index (χ4n) is 3.92. The second-order valence-corrected chi connectivity index (χ2v) is 7.08. The molecule has 0 radical (unpaired) electrons. The average Bonchev–Trinajstić information content (AvgIpc) is 2.73. The summed E-state index contributed by atoms with van der Waals surface area (Å²) in [6, 6.07) is 14.7. The quantitative estimate of drug-likeness (QED) is 0.683. The first kappa shape index (κ1) is 17.6. The van der Waals surface area contributed by atoms with Crippen LogP contribution in [0.3, 0.4) is 0 Å². The van der Waals surface area contributed by atoms with E-state index in [1.807, 2.05) is 12.1 Å².